The lowest BCUT2D eigenvalue weighted by molar-refractivity contribution is 0.413. The Bertz CT molecular complexity index is 395. The zero-order valence-electron chi connectivity index (χ0n) is 9.03. The summed E-state index contributed by atoms with van der Waals surface area (Å²) in [5.74, 6) is 0.772. The molecule has 0 aliphatic carbocycles. The number of aryl methyl sites for hydroxylation is 1. The molecule has 1 aromatic carbocycles. The molecule has 0 spiro atoms. The third kappa shape index (κ3) is 2.53. The fourth-order valence-electron chi connectivity index (χ4n) is 1.42. The minimum atomic E-state index is 0.645. The first-order chi connectivity index (χ1) is 7.20. The van der Waals surface area contributed by atoms with Crippen LogP contribution >= 0.6 is 0 Å². The summed E-state index contributed by atoms with van der Waals surface area (Å²) in [7, 11) is 1.63. The molecule has 0 fully saturated rings. The lowest BCUT2D eigenvalue weighted by Crippen LogP contribution is -2.01. The molecule has 0 aromatic heterocycles. The fourth-order valence-corrected chi connectivity index (χ4v) is 1.42. The summed E-state index contributed by atoms with van der Waals surface area (Å²) >= 11 is 0. The number of hydrogen-bond acceptors (Lipinski definition) is 3. The summed E-state index contributed by atoms with van der Waals surface area (Å²) in [4.78, 5) is 0. The second-order valence-electron chi connectivity index (χ2n) is 3.16. The molecule has 0 bridgehead atoms. The normalized spacial score (nSPS) is 12.0. The molecule has 3 heteroatoms. The molecule has 0 atom stereocenters. The smallest absolute Gasteiger partial charge is 0.128 e. The van der Waals surface area contributed by atoms with Crippen LogP contribution < -0.4 is 16.2 Å². The van der Waals surface area contributed by atoms with Crippen molar-refractivity contribution in [1.82, 2.24) is 0 Å². The van der Waals surface area contributed by atoms with Gasteiger partial charge in [-0.25, -0.2) is 0 Å². The Morgan fingerprint density at radius 3 is 2.73 bits per heavy atom. The molecule has 0 unspecified atom stereocenters. The molecule has 0 aliphatic heterocycles. The molecule has 0 aliphatic rings. The third-order valence-electron chi connectivity index (χ3n) is 2.13. The Kier molecular flexibility index (Phi) is 3.80. The van der Waals surface area contributed by atoms with Crippen molar-refractivity contribution in [3.8, 4) is 5.75 Å². The lowest BCUT2D eigenvalue weighted by atomic mass is 10.0. The summed E-state index contributed by atoms with van der Waals surface area (Å²) in [6, 6.07) is 5.81. The summed E-state index contributed by atoms with van der Waals surface area (Å²) in [6.45, 7) is 1.99. The first-order valence-corrected chi connectivity index (χ1v) is 4.68. The van der Waals surface area contributed by atoms with Gasteiger partial charge in [0.25, 0.3) is 0 Å². The molecular formula is C12H16N2O. The van der Waals surface area contributed by atoms with Gasteiger partial charge < -0.3 is 16.2 Å². The highest BCUT2D eigenvalue weighted by atomic mass is 16.5. The van der Waals surface area contributed by atoms with Crippen LogP contribution in [0.5, 0.6) is 5.75 Å². The van der Waals surface area contributed by atoms with E-state index < -0.39 is 0 Å². The highest BCUT2D eigenvalue weighted by molar-refractivity contribution is 5.71. The number of hydrogen-bond donors (Lipinski definition) is 2. The number of nitrogens with two attached hydrogens (primary N) is 2. The number of benzene rings is 1. The minimum absolute atomic E-state index is 0.645. The van der Waals surface area contributed by atoms with Crippen LogP contribution in [0, 0.1) is 6.92 Å². The number of allylic oxidation sites excluding steroid dienone is 2. The van der Waals surface area contributed by atoms with Crippen molar-refractivity contribution < 1.29 is 4.74 Å². The van der Waals surface area contributed by atoms with E-state index >= 15 is 0 Å². The largest absolute Gasteiger partial charge is 0.496 e. The molecule has 0 amide bonds. The van der Waals surface area contributed by atoms with Gasteiger partial charge in [-0.3, -0.25) is 0 Å². The Morgan fingerprint density at radius 1 is 1.40 bits per heavy atom. The Hall–Kier alpha value is -1.90. The molecule has 0 heterocycles. The second-order valence-corrected chi connectivity index (χ2v) is 3.16. The highest BCUT2D eigenvalue weighted by Crippen LogP contribution is 2.26. The van der Waals surface area contributed by atoms with Crippen LogP contribution in [0.4, 0.5) is 0 Å². The van der Waals surface area contributed by atoms with E-state index in [2.05, 4.69) is 0 Å². The van der Waals surface area contributed by atoms with Crippen LogP contribution in [0.25, 0.3) is 5.70 Å². The van der Waals surface area contributed by atoms with E-state index in [1.54, 1.807) is 19.3 Å². The van der Waals surface area contributed by atoms with Gasteiger partial charge in [-0.15, -0.1) is 0 Å². The van der Waals surface area contributed by atoms with Crippen LogP contribution in [-0.2, 0) is 0 Å². The van der Waals surface area contributed by atoms with Crippen molar-refractivity contribution in [3.63, 3.8) is 0 Å². The van der Waals surface area contributed by atoms with Crippen LogP contribution in [-0.4, -0.2) is 7.11 Å². The van der Waals surface area contributed by atoms with Gasteiger partial charge in [-0.05, 0) is 36.9 Å². The van der Waals surface area contributed by atoms with E-state index in [9.17, 15) is 0 Å². The quantitative estimate of drug-likeness (QED) is 0.738. The molecule has 15 heavy (non-hydrogen) atoms. The van der Waals surface area contributed by atoms with E-state index in [1.165, 1.54) is 6.20 Å². The molecular weight excluding hydrogens is 188 g/mol. The van der Waals surface area contributed by atoms with Crippen molar-refractivity contribution >= 4 is 5.70 Å². The van der Waals surface area contributed by atoms with E-state index in [1.807, 2.05) is 25.1 Å². The summed E-state index contributed by atoms with van der Waals surface area (Å²) in [6.07, 6.45) is 4.89. The maximum absolute atomic E-state index is 5.93. The summed E-state index contributed by atoms with van der Waals surface area (Å²) in [5, 5.41) is 0. The Balaban J connectivity index is 3.22. The molecule has 0 saturated carbocycles. The van der Waals surface area contributed by atoms with Crippen molar-refractivity contribution in [1.29, 1.82) is 0 Å². The first-order valence-electron chi connectivity index (χ1n) is 4.68. The first kappa shape index (κ1) is 11.2. The van der Waals surface area contributed by atoms with Crippen molar-refractivity contribution in [2.24, 2.45) is 11.5 Å². The van der Waals surface area contributed by atoms with Gasteiger partial charge in [0, 0.05) is 11.3 Å². The molecule has 3 nitrogen and oxygen atoms in total. The van der Waals surface area contributed by atoms with Crippen LogP contribution in [0.15, 0.2) is 36.6 Å². The molecule has 4 N–H and O–H groups in total. The number of methoxy groups -OCH3 is 1. The predicted molar refractivity (Wildman–Crippen MR) is 63.2 cm³/mol. The summed E-state index contributed by atoms with van der Waals surface area (Å²) < 4.78 is 5.25. The monoisotopic (exact) mass is 204 g/mol. The van der Waals surface area contributed by atoms with E-state index in [0.29, 0.717) is 5.70 Å². The zero-order valence-corrected chi connectivity index (χ0v) is 9.03. The second kappa shape index (κ2) is 5.10. The predicted octanol–water partition coefficient (Wildman–Crippen LogP) is 1.78. The standard InChI is InChI=1S/C12H16N2O/c1-9-5-3-7-11(15-2)12(9)10(14)6-4-8-13/h3-8H,13-14H2,1-2H3/b8-4-,10-6-. The van der Waals surface area contributed by atoms with Gasteiger partial charge in [-0.1, -0.05) is 12.1 Å². The van der Waals surface area contributed by atoms with E-state index in [-0.39, 0.29) is 0 Å². The number of ether oxygens (including phenoxy) is 1. The van der Waals surface area contributed by atoms with Gasteiger partial charge in [0.15, 0.2) is 0 Å². The van der Waals surface area contributed by atoms with Crippen LogP contribution in [0.1, 0.15) is 11.1 Å². The minimum Gasteiger partial charge on any atom is -0.496 e. The number of rotatable bonds is 3. The topological polar surface area (TPSA) is 61.3 Å². The Labute approximate surface area is 90.0 Å². The molecule has 1 aromatic rings. The maximum Gasteiger partial charge on any atom is 0.128 e. The Morgan fingerprint density at radius 2 is 2.13 bits per heavy atom. The van der Waals surface area contributed by atoms with E-state index in [4.69, 9.17) is 16.2 Å². The summed E-state index contributed by atoms with van der Waals surface area (Å²) in [5.41, 5.74) is 13.8. The van der Waals surface area contributed by atoms with Gasteiger partial charge in [0.2, 0.25) is 0 Å². The van der Waals surface area contributed by atoms with Crippen molar-refractivity contribution in [3.05, 3.63) is 47.7 Å². The zero-order chi connectivity index (χ0) is 11.3. The average Bonchev–Trinajstić information content (AvgIpc) is 2.25. The third-order valence-corrected chi connectivity index (χ3v) is 2.13. The van der Waals surface area contributed by atoms with Gasteiger partial charge in [0.1, 0.15) is 5.75 Å². The van der Waals surface area contributed by atoms with E-state index in [0.717, 1.165) is 16.9 Å². The van der Waals surface area contributed by atoms with Gasteiger partial charge in [-0.2, -0.15) is 0 Å². The maximum atomic E-state index is 5.93. The molecule has 80 valence electrons. The molecule has 1 rings (SSSR count). The van der Waals surface area contributed by atoms with Crippen LogP contribution in [0.3, 0.4) is 0 Å². The molecule has 0 radical (unpaired) electrons. The van der Waals surface area contributed by atoms with Crippen LogP contribution in [0.2, 0.25) is 0 Å². The SMILES string of the molecule is COc1cccc(C)c1/C(N)=C/C=C\N. The average molecular weight is 204 g/mol. The highest BCUT2D eigenvalue weighted by Gasteiger charge is 2.07. The van der Waals surface area contributed by atoms with Crippen molar-refractivity contribution in [2.75, 3.05) is 7.11 Å². The van der Waals surface area contributed by atoms with Crippen molar-refractivity contribution in [2.45, 2.75) is 6.92 Å². The lowest BCUT2D eigenvalue weighted by Gasteiger charge is -2.11. The fraction of sp³-hybridized carbons (Fsp3) is 0.167. The van der Waals surface area contributed by atoms with Gasteiger partial charge >= 0.3 is 0 Å². The molecule has 0 saturated heterocycles. The van der Waals surface area contributed by atoms with Gasteiger partial charge in [0.05, 0.1) is 7.11 Å².